The Kier molecular flexibility index (Phi) is 9.84. The molecule has 9 rings (SSSR count). The van der Waals surface area contributed by atoms with E-state index < -0.39 is 78.0 Å². The van der Waals surface area contributed by atoms with Crippen molar-refractivity contribution in [2.24, 2.45) is 16.7 Å². The minimum atomic E-state index is -3.87. The SMILES string of the molecule is CC1(C)OC[C@H]([C@@H]2OC(N3O[C@@H](C(=O)N4[C@@H]5C[C@H]6CC[C@]5(CS4(=O)=O)C6(C)C)C[C@@H]3CCO[Si](c3ccccc3)(c3ccccc3)C(C)(C)C)[C@@H]3OC(C)(C)O[C@H]23)O1. The molecule has 5 saturated heterocycles. The number of rotatable bonds is 9. The Morgan fingerprint density at radius 1 is 0.862 bits per heavy atom. The van der Waals surface area contributed by atoms with Gasteiger partial charge in [0.15, 0.2) is 23.9 Å². The van der Waals surface area contributed by atoms with Gasteiger partial charge in [-0.3, -0.25) is 9.63 Å². The minimum Gasteiger partial charge on any atom is -0.407 e. The van der Waals surface area contributed by atoms with Crippen LogP contribution in [0.3, 0.4) is 0 Å². The maximum Gasteiger partial charge on any atom is 0.267 e. The zero-order chi connectivity index (χ0) is 41.3. The highest BCUT2D eigenvalue weighted by Gasteiger charge is 2.73. The highest BCUT2D eigenvalue weighted by atomic mass is 32.2. The summed E-state index contributed by atoms with van der Waals surface area (Å²) in [6.07, 6.45) is -0.580. The molecule has 2 saturated carbocycles. The molecule has 5 heterocycles. The van der Waals surface area contributed by atoms with Crippen molar-refractivity contribution in [3.8, 4) is 0 Å². The zero-order valence-corrected chi connectivity index (χ0v) is 37.3. The number of carbonyl (C=O) groups is 1. The molecule has 1 spiro atoms. The van der Waals surface area contributed by atoms with Crippen molar-refractivity contribution < 1.29 is 46.2 Å². The van der Waals surface area contributed by atoms with Crippen molar-refractivity contribution in [3.63, 3.8) is 0 Å². The predicted molar refractivity (Wildman–Crippen MR) is 219 cm³/mol. The van der Waals surface area contributed by atoms with Gasteiger partial charge in [0.1, 0.15) is 24.4 Å². The molecule has 2 bridgehead atoms. The van der Waals surface area contributed by atoms with Crippen LogP contribution in [0.25, 0.3) is 0 Å². The Morgan fingerprint density at radius 2 is 1.50 bits per heavy atom. The van der Waals surface area contributed by atoms with Crippen LogP contribution < -0.4 is 10.4 Å². The Morgan fingerprint density at radius 3 is 2.09 bits per heavy atom. The number of ether oxygens (including phenoxy) is 5. The van der Waals surface area contributed by atoms with Crippen molar-refractivity contribution in [2.75, 3.05) is 19.0 Å². The molecular weight excluding hydrogens is 777 g/mol. The van der Waals surface area contributed by atoms with E-state index in [4.69, 9.17) is 32.9 Å². The summed E-state index contributed by atoms with van der Waals surface area (Å²) < 4.78 is 69.0. The van der Waals surface area contributed by atoms with Crippen molar-refractivity contribution in [1.82, 2.24) is 9.37 Å². The van der Waals surface area contributed by atoms with Crippen molar-refractivity contribution in [1.29, 1.82) is 0 Å². The standard InChI is InChI=1S/C44H62N2O10SSi/c1-40(2,3)58(30-16-12-10-13-17-30,31-18-14-11-15-19-31)51-23-21-29-25-32(38(47)46-34-24-28-20-22-44(34,41(28,4)5)27-57(46,48)49)56-45(29)39-37-36(54-43(8,9)55-37)35(52-39)33-26-50-42(6,7)53-33/h10-19,28-29,32-37,39H,20-27H2,1-9H3/t28-,29+,32-,33-,34-,35+,36-,37-,39?,44-/m1/s1. The van der Waals surface area contributed by atoms with Crippen LogP contribution >= 0.6 is 0 Å². The molecule has 2 aromatic rings. The number of fused-ring (bicyclic) bond motifs is 2. The van der Waals surface area contributed by atoms with Gasteiger partial charge in [0.2, 0.25) is 10.0 Å². The van der Waals surface area contributed by atoms with Gasteiger partial charge in [-0.1, -0.05) is 95.3 Å². The van der Waals surface area contributed by atoms with E-state index in [1.165, 1.54) is 14.7 Å². The second kappa shape index (κ2) is 13.9. The quantitative estimate of drug-likeness (QED) is 0.314. The fourth-order valence-corrected chi connectivity index (χ4v) is 19.3. The van der Waals surface area contributed by atoms with Crippen molar-refractivity contribution >= 4 is 34.6 Å². The number of amides is 1. The first-order valence-electron chi connectivity index (χ1n) is 21.3. The van der Waals surface area contributed by atoms with E-state index in [0.29, 0.717) is 32.0 Å². The van der Waals surface area contributed by atoms with Gasteiger partial charge in [0, 0.05) is 24.5 Å². The van der Waals surface area contributed by atoms with Crippen molar-refractivity contribution in [2.45, 2.75) is 160 Å². The Hall–Kier alpha value is -2.24. The lowest BCUT2D eigenvalue weighted by Gasteiger charge is -2.43. The van der Waals surface area contributed by atoms with E-state index in [1.807, 2.05) is 39.8 Å². The molecule has 318 valence electrons. The largest absolute Gasteiger partial charge is 0.407 e. The van der Waals surface area contributed by atoms with Crippen LogP contribution in [0.5, 0.6) is 0 Å². The maximum atomic E-state index is 14.8. The van der Waals surface area contributed by atoms with Gasteiger partial charge in [0.25, 0.3) is 14.2 Å². The Balaban J connectivity index is 1.04. The second-order valence-corrected chi connectivity index (χ2v) is 26.5. The summed E-state index contributed by atoms with van der Waals surface area (Å²) in [5.41, 5.74) is -0.613. The molecule has 0 radical (unpaired) electrons. The molecule has 7 fully saturated rings. The molecule has 5 aliphatic heterocycles. The van der Waals surface area contributed by atoms with Crippen LogP contribution in [0.4, 0.5) is 0 Å². The topological polar surface area (TPSA) is 122 Å². The highest BCUT2D eigenvalue weighted by Crippen LogP contribution is 2.70. The summed E-state index contributed by atoms with van der Waals surface area (Å²) >= 11 is 0. The first-order valence-corrected chi connectivity index (χ1v) is 24.8. The number of nitrogens with zero attached hydrogens (tertiary/aromatic N) is 2. The molecule has 1 unspecified atom stereocenters. The van der Waals surface area contributed by atoms with Gasteiger partial charge in [0.05, 0.1) is 18.4 Å². The lowest BCUT2D eigenvalue weighted by atomic mass is 9.69. The monoisotopic (exact) mass is 838 g/mol. The number of sulfonamides is 1. The van der Waals surface area contributed by atoms with Crippen LogP contribution in [-0.2, 0) is 47.8 Å². The molecule has 58 heavy (non-hydrogen) atoms. The van der Waals surface area contributed by atoms with Crippen LogP contribution in [0, 0.1) is 16.7 Å². The highest BCUT2D eigenvalue weighted by molar-refractivity contribution is 7.90. The number of benzene rings is 2. The second-order valence-electron chi connectivity index (χ2n) is 20.3. The van der Waals surface area contributed by atoms with E-state index in [2.05, 4.69) is 83.1 Å². The van der Waals surface area contributed by atoms with Crippen LogP contribution in [0.2, 0.25) is 5.04 Å². The van der Waals surface area contributed by atoms with E-state index in [0.717, 1.165) is 12.8 Å². The molecule has 2 aliphatic carbocycles. The molecule has 1 amide bonds. The zero-order valence-electron chi connectivity index (χ0n) is 35.5. The fraction of sp³-hybridized carbons (Fsp3) is 0.705. The summed E-state index contributed by atoms with van der Waals surface area (Å²) in [7, 11) is -6.76. The predicted octanol–water partition coefficient (Wildman–Crippen LogP) is 5.09. The van der Waals surface area contributed by atoms with E-state index in [9.17, 15) is 13.2 Å². The number of hydrogen-bond donors (Lipinski definition) is 0. The number of hydrogen-bond acceptors (Lipinski definition) is 11. The van der Waals surface area contributed by atoms with E-state index in [-0.39, 0.29) is 34.7 Å². The lowest BCUT2D eigenvalue weighted by molar-refractivity contribution is -0.290. The van der Waals surface area contributed by atoms with E-state index in [1.54, 1.807) is 5.06 Å². The third kappa shape index (κ3) is 6.33. The fourth-order valence-electron chi connectivity index (χ4n) is 12.1. The smallest absolute Gasteiger partial charge is 0.267 e. The number of carbonyl (C=O) groups excluding carboxylic acids is 1. The van der Waals surface area contributed by atoms with Crippen LogP contribution in [0.1, 0.15) is 94.4 Å². The van der Waals surface area contributed by atoms with Crippen molar-refractivity contribution in [3.05, 3.63) is 60.7 Å². The lowest BCUT2D eigenvalue weighted by Crippen LogP contribution is -2.66. The molecule has 12 nitrogen and oxygen atoms in total. The average molecular weight is 839 g/mol. The molecule has 10 atom stereocenters. The first-order chi connectivity index (χ1) is 27.2. The van der Waals surface area contributed by atoms with Gasteiger partial charge in [-0.15, -0.1) is 0 Å². The summed E-state index contributed by atoms with van der Waals surface area (Å²) in [6.45, 7) is 19.3. The normalized spacial score (nSPS) is 38.4. The van der Waals surface area contributed by atoms with E-state index >= 15 is 0 Å². The summed E-state index contributed by atoms with van der Waals surface area (Å²) in [4.78, 5) is 21.6. The first kappa shape index (κ1) is 41.1. The third-order valence-corrected chi connectivity index (χ3v) is 21.9. The Labute approximate surface area is 345 Å². The minimum absolute atomic E-state index is 0.00331. The van der Waals surface area contributed by atoms with Gasteiger partial charge in [-0.2, -0.15) is 5.06 Å². The maximum absolute atomic E-state index is 14.8. The summed E-state index contributed by atoms with van der Waals surface area (Å²) in [6, 6.07) is 20.3. The van der Waals surface area contributed by atoms with Gasteiger partial charge in [-0.25, -0.2) is 12.7 Å². The molecule has 7 aliphatic rings. The molecule has 0 aromatic heterocycles. The third-order valence-electron chi connectivity index (χ3n) is 14.9. The molecular formula is C44H62N2O10SSi. The average Bonchev–Trinajstić information content (AvgIpc) is 3.99. The van der Waals surface area contributed by atoms with Crippen LogP contribution in [-0.4, -0.2) is 111 Å². The van der Waals surface area contributed by atoms with Gasteiger partial charge in [-0.05, 0) is 80.1 Å². The summed E-state index contributed by atoms with van der Waals surface area (Å²) in [5, 5.41) is 3.88. The molecule has 0 N–H and O–H groups in total. The summed E-state index contributed by atoms with van der Waals surface area (Å²) in [5.74, 6) is -1.80. The Bertz CT molecular complexity index is 1950. The molecule has 2 aromatic carbocycles. The van der Waals surface area contributed by atoms with Gasteiger partial charge < -0.3 is 28.1 Å². The number of hydroxylamine groups is 2. The van der Waals surface area contributed by atoms with Crippen LogP contribution in [0.15, 0.2) is 60.7 Å². The van der Waals surface area contributed by atoms with Gasteiger partial charge >= 0.3 is 0 Å². The molecule has 14 heteroatoms.